The van der Waals surface area contributed by atoms with Gasteiger partial charge in [0.15, 0.2) is 5.96 Å². The van der Waals surface area contributed by atoms with Gasteiger partial charge in [0.2, 0.25) is 0 Å². The molecule has 0 bridgehead atoms. The van der Waals surface area contributed by atoms with Gasteiger partial charge in [-0.3, -0.25) is 15.2 Å². The van der Waals surface area contributed by atoms with E-state index in [-0.39, 0.29) is 12.0 Å². The van der Waals surface area contributed by atoms with E-state index in [1.54, 1.807) is 13.1 Å². The largest absolute Gasteiger partial charge is 0.370 e. The number of halogens is 1. The van der Waals surface area contributed by atoms with Crippen LogP contribution < -0.4 is 16.0 Å². The van der Waals surface area contributed by atoms with Crippen LogP contribution in [0.1, 0.15) is 12.5 Å². The lowest BCUT2D eigenvalue weighted by molar-refractivity contribution is 0.251. The molecule has 6 heteroatoms. The molecule has 1 aromatic rings. The van der Waals surface area contributed by atoms with E-state index in [0.29, 0.717) is 10.7 Å². The summed E-state index contributed by atoms with van der Waals surface area (Å²) in [5, 5.41) is 2.99. The van der Waals surface area contributed by atoms with Gasteiger partial charge in [-0.25, -0.2) is 4.79 Å². The molecule has 0 saturated heterocycles. The first kappa shape index (κ1) is 14.3. The topological polar surface area (TPSA) is 70.7 Å². The lowest BCUT2D eigenvalue weighted by Crippen LogP contribution is -2.44. The molecule has 0 aliphatic heterocycles. The standard InChI is InChI=1S/C12H17ClN4O/c1-4-8-6-5-7-9(13)10(8)17(3)12(18)16-11(14)15-2/h5-7H,4H2,1-3H3,(H3,14,15,16,18). The molecule has 18 heavy (non-hydrogen) atoms. The van der Waals surface area contributed by atoms with Crippen LogP contribution in [-0.2, 0) is 6.42 Å². The minimum absolute atomic E-state index is 0.0666. The molecule has 0 aromatic heterocycles. The molecule has 0 saturated carbocycles. The number of aliphatic imine (C=N–C) groups is 1. The van der Waals surface area contributed by atoms with E-state index < -0.39 is 0 Å². The Bertz CT molecular complexity index is 473. The van der Waals surface area contributed by atoms with Crippen molar-refractivity contribution in [2.75, 3.05) is 19.0 Å². The number of nitrogens with two attached hydrogens (primary N) is 1. The van der Waals surface area contributed by atoms with Crippen LogP contribution in [0, 0.1) is 0 Å². The Hall–Kier alpha value is -1.75. The van der Waals surface area contributed by atoms with E-state index in [1.807, 2.05) is 19.1 Å². The van der Waals surface area contributed by atoms with Crippen molar-refractivity contribution in [1.29, 1.82) is 0 Å². The molecule has 0 fully saturated rings. The van der Waals surface area contributed by atoms with Crippen LogP contribution in [0.3, 0.4) is 0 Å². The van der Waals surface area contributed by atoms with E-state index in [4.69, 9.17) is 17.3 Å². The number of carbonyl (C=O) groups excluding carboxylic acids is 1. The van der Waals surface area contributed by atoms with Gasteiger partial charge in [-0.15, -0.1) is 0 Å². The number of para-hydroxylation sites is 1. The Labute approximate surface area is 112 Å². The number of urea groups is 1. The van der Waals surface area contributed by atoms with Gasteiger partial charge in [0.25, 0.3) is 0 Å². The Morgan fingerprint density at radius 1 is 1.56 bits per heavy atom. The lowest BCUT2D eigenvalue weighted by atomic mass is 10.1. The second-order valence-electron chi connectivity index (χ2n) is 3.70. The van der Waals surface area contributed by atoms with Crippen molar-refractivity contribution >= 4 is 29.3 Å². The zero-order chi connectivity index (χ0) is 13.7. The minimum atomic E-state index is -0.374. The van der Waals surface area contributed by atoms with Crippen molar-refractivity contribution in [3.05, 3.63) is 28.8 Å². The normalized spacial score (nSPS) is 11.2. The van der Waals surface area contributed by atoms with Crippen LogP contribution in [0.2, 0.25) is 5.02 Å². The molecular formula is C12H17ClN4O. The molecule has 2 amide bonds. The zero-order valence-corrected chi connectivity index (χ0v) is 11.5. The summed E-state index contributed by atoms with van der Waals surface area (Å²) in [6, 6.07) is 5.17. The van der Waals surface area contributed by atoms with Crippen molar-refractivity contribution in [2.24, 2.45) is 10.7 Å². The molecule has 0 unspecified atom stereocenters. The molecule has 5 nitrogen and oxygen atoms in total. The number of benzene rings is 1. The molecule has 0 radical (unpaired) electrons. The first-order valence-electron chi connectivity index (χ1n) is 5.55. The van der Waals surface area contributed by atoms with Crippen LogP contribution >= 0.6 is 11.6 Å². The quantitative estimate of drug-likeness (QED) is 0.636. The SMILES string of the molecule is CCc1cccc(Cl)c1N(C)C(=O)NC(N)=NC. The van der Waals surface area contributed by atoms with E-state index in [9.17, 15) is 4.79 Å². The predicted molar refractivity (Wildman–Crippen MR) is 75.3 cm³/mol. The number of anilines is 1. The fourth-order valence-corrected chi connectivity index (χ4v) is 1.89. The summed E-state index contributed by atoms with van der Waals surface area (Å²) in [6.07, 6.45) is 0.783. The molecule has 0 aliphatic carbocycles. The lowest BCUT2D eigenvalue weighted by Gasteiger charge is -2.21. The van der Waals surface area contributed by atoms with Gasteiger partial charge >= 0.3 is 6.03 Å². The van der Waals surface area contributed by atoms with Crippen molar-refractivity contribution in [2.45, 2.75) is 13.3 Å². The molecule has 1 aromatic carbocycles. The number of nitrogens with zero attached hydrogens (tertiary/aromatic N) is 2. The summed E-state index contributed by atoms with van der Waals surface area (Å²) >= 11 is 6.13. The number of carbonyl (C=O) groups is 1. The highest BCUT2D eigenvalue weighted by atomic mass is 35.5. The minimum Gasteiger partial charge on any atom is -0.370 e. The van der Waals surface area contributed by atoms with Crippen LogP contribution in [0.25, 0.3) is 0 Å². The second kappa shape index (κ2) is 6.26. The summed E-state index contributed by atoms with van der Waals surface area (Å²) in [7, 11) is 3.14. The molecule has 1 rings (SSSR count). The molecule has 0 aliphatic rings. The molecule has 0 atom stereocenters. The third-order valence-corrected chi connectivity index (χ3v) is 2.87. The van der Waals surface area contributed by atoms with Crippen molar-refractivity contribution in [3.8, 4) is 0 Å². The third kappa shape index (κ3) is 3.13. The Kier molecular flexibility index (Phi) is 4.97. The van der Waals surface area contributed by atoms with Gasteiger partial charge in [0.05, 0.1) is 10.7 Å². The summed E-state index contributed by atoms with van der Waals surface area (Å²) in [4.78, 5) is 17.0. The number of hydrogen-bond acceptors (Lipinski definition) is 2. The van der Waals surface area contributed by atoms with Gasteiger partial charge in [0, 0.05) is 14.1 Å². The number of hydrogen-bond donors (Lipinski definition) is 2. The van der Waals surface area contributed by atoms with Gasteiger partial charge in [0.1, 0.15) is 0 Å². The van der Waals surface area contributed by atoms with Crippen LogP contribution in [0.4, 0.5) is 10.5 Å². The van der Waals surface area contributed by atoms with E-state index >= 15 is 0 Å². The van der Waals surface area contributed by atoms with Crippen LogP contribution in [0.15, 0.2) is 23.2 Å². The molecule has 0 spiro atoms. The first-order chi connectivity index (χ1) is 8.51. The summed E-state index contributed by atoms with van der Waals surface area (Å²) in [5.74, 6) is 0.0666. The maximum atomic E-state index is 11.9. The van der Waals surface area contributed by atoms with Crippen LogP contribution in [0.5, 0.6) is 0 Å². The average molecular weight is 269 g/mol. The summed E-state index contributed by atoms with van der Waals surface area (Å²) in [5.41, 5.74) is 7.13. The maximum absolute atomic E-state index is 11.9. The average Bonchev–Trinajstić information content (AvgIpc) is 2.37. The third-order valence-electron chi connectivity index (χ3n) is 2.57. The molecule has 3 N–H and O–H groups in total. The van der Waals surface area contributed by atoms with E-state index in [1.165, 1.54) is 11.9 Å². The number of aryl methyl sites for hydroxylation is 1. The highest BCUT2D eigenvalue weighted by Crippen LogP contribution is 2.29. The maximum Gasteiger partial charge on any atom is 0.328 e. The van der Waals surface area contributed by atoms with Gasteiger partial charge in [-0.05, 0) is 18.1 Å². The Morgan fingerprint density at radius 3 is 2.78 bits per heavy atom. The van der Waals surface area contributed by atoms with Gasteiger partial charge in [-0.1, -0.05) is 30.7 Å². The monoisotopic (exact) mass is 268 g/mol. The highest BCUT2D eigenvalue weighted by molar-refractivity contribution is 6.34. The van der Waals surface area contributed by atoms with Gasteiger partial charge in [-0.2, -0.15) is 0 Å². The number of nitrogens with one attached hydrogen (secondary N) is 1. The Balaban J connectivity index is 3.03. The van der Waals surface area contributed by atoms with E-state index in [2.05, 4.69) is 10.3 Å². The van der Waals surface area contributed by atoms with Crippen molar-refractivity contribution < 1.29 is 4.79 Å². The summed E-state index contributed by atoms with van der Waals surface area (Å²) < 4.78 is 0. The molecular weight excluding hydrogens is 252 g/mol. The molecule has 98 valence electrons. The first-order valence-corrected chi connectivity index (χ1v) is 5.93. The number of guanidine groups is 1. The van der Waals surface area contributed by atoms with Gasteiger partial charge < -0.3 is 5.73 Å². The van der Waals surface area contributed by atoms with Crippen molar-refractivity contribution in [1.82, 2.24) is 5.32 Å². The van der Waals surface area contributed by atoms with Crippen LogP contribution in [-0.4, -0.2) is 26.1 Å². The predicted octanol–water partition coefficient (Wildman–Crippen LogP) is 1.99. The smallest absolute Gasteiger partial charge is 0.328 e. The number of amides is 2. The number of rotatable bonds is 2. The fourth-order valence-electron chi connectivity index (χ4n) is 1.57. The molecule has 0 heterocycles. The van der Waals surface area contributed by atoms with Crippen molar-refractivity contribution in [3.63, 3.8) is 0 Å². The second-order valence-corrected chi connectivity index (χ2v) is 4.11. The fraction of sp³-hybridized carbons (Fsp3) is 0.333. The Morgan fingerprint density at radius 2 is 2.22 bits per heavy atom. The summed E-state index contributed by atoms with van der Waals surface area (Å²) in [6.45, 7) is 2.00. The highest BCUT2D eigenvalue weighted by Gasteiger charge is 2.17. The van der Waals surface area contributed by atoms with E-state index in [0.717, 1.165) is 12.0 Å². The zero-order valence-electron chi connectivity index (χ0n) is 10.7.